The van der Waals surface area contributed by atoms with Crippen LogP contribution in [0.3, 0.4) is 0 Å². The fraction of sp³-hybridized carbons (Fsp3) is 0.829. The third kappa shape index (κ3) is 4.96. The Labute approximate surface area is 243 Å². The molecule has 5 nitrogen and oxygen atoms in total. The van der Waals surface area contributed by atoms with E-state index in [1.807, 2.05) is 6.92 Å². The van der Waals surface area contributed by atoms with Gasteiger partial charge in [0.2, 0.25) is 5.91 Å². The van der Waals surface area contributed by atoms with Crippen LogP contribution in [0, 0.1) is 40.4 Å². The van der Waals surface area contributed by atoms with Crippen molar-refractivity contribution in [3.05, 3.63) is 23.0 Å². The van der Waals surface area contributed by atoms with Crippen LogP contribution in [-0.4, -0.2) is 30.1 Å². The summed E-state index contributed by atoms with van der Waals surface area (Å²) in [6, 6.07) is 0. The molecule has 0 aromatic rings. The minimum Gasteiger partial charge on any atom is -0.491 e. The number of amides is 1. The maximum atomic E-state index is 12.2. The van der Waals surface area contributed by atoms with Crippen LogP contribution in [0.25, 0.3) is 0 Å². The minimum absolute atomic E-state index is 0.0221. The highest BCUT2D eigenvalue weighted by atomic mass is 16.5. The molecule has 3 saturated carbocycles. The zero-order valence-corrected chi connectivity index (χ0v) is 26.4. The van der Waals surface area contributed by atoms with Gasteiger partial charge >= 0.3 is 5.97 Å². The van der Waals surface area contributed by atoms with Crippen LogP contribution in [0.4, 0.5) is 0 Å². The highest BCUT2D eigenvalue weighted by Crippen LogP contribution is 2.72. The first-order chi connectivity index (χ1) is 19.0. The van der Waals surface area contributed by atoms with E-state index in [1.54, 1.807) is 12.5 Å². The summed E-state index contributed by atoms with van der Waals surface area (Å²) in [7, 11) is 0. The Morgan fingerprint density at radius 2 is 1.95 bits per heavy atom. The van der Waals surface area contributed by atoms with Gasteiger partial charge in [0.05, 0.1) is 5.76 Å². The normalized spacial score (nSPS) is 40.7. The maximum Gasteiger partial charge on any atom is 0.306 e. The first-order valence-electron chi connectivity index (χ1n) is 16.5. The average Bonchev–Trinajstić information content (AvgIpc) is 3.35. The molecule has 0 saturated heterocycles. The first kappa shape index (κ1) is 29.7. The molecule has 0 unspecified atom stereocenters. The van der Waals surface area contributed by atoms with Crippen molar-refractivity contribution in [1.29, 1.82) is 0 Å². The Bertz CT molecular complexity index is 1060. The summed E-state index contributed by atoms with van der Waals surface area (Å²) in [6.07, 6.45) is 15.2. The lowest BCUT2D eigenvalue weighted by atomic mass is 9.47. The quantitative estimate of drug-likeness (QED) is 0.233. The number of carbonyl (C=O) groups is 2. The van der Waals surface area contributed by atoms with Gasteiger partial charge in [0, 0.05) is 38.6 Å². The molecule has 5 aliphatic rings. The zero-order valence-electron chi connectivity index (χ0n) is 26.4. The van der Waals surface area contributed by atoms with Gasteiger partial charge in [-0.3, -0.25) is 9.59 Å². The highest BCUT2D eigenvalue weighted by Gasteiger charge is 2.68. The molecule has 5 rings (SSSR count). The van der Waals surface area contributed by atoms with Crippen LogP contribution in [0.15, 0.2) is 23.0 Å². The van der Waals surface area contributed by atoms with E-state index in [1.165, 1.54) is 37.0 Å². The van der Waals surface area contributed by atoms with Gasteiger partial charge in [-0.15, -0.1) is 0 Å². The van der Waals surface area contributed by atoms with Crippen LogP contribution < -0.4 is 5.32 Å². The molecule has 9 atom stereocenters. The van der Waals surface area contributed by atoms with Crippen LogP contribution in [0.1, 0.15) is 126 Å². The SMILES string of the molecule is CCCC(=O)O[C@@H]1CC[C@@]2(C)C(=CC[C@@H]3[C@@H]4C[C@]5(CC)OC(CC[C@H](C)CNC(C)=O)=C(C)[C@@H]5[C@@]4(C)CC[C@@H]32)C1. The van der Waals surface area contributed by atoms with Gasteiger partial charge in [-0.05, 0) is 105 Å². The minimum atomic E-state index is -0.0510. The van der Waals surface area contributed by atoms with Crippen molar-refractivity contribution in [1.82, 2.24) is 5.32 Å². The summed E-state index contributed by atoms with van der Waals surface area (Å²) in [5.74, 6) is 4.38. The topological polar surface area (TPSA) is 64.6 Å². The number of ether oxygens (including phenoxy) is 2. The number of hydrogen-bond acceptors (Lipinski definition) is 4. The predicted octanol–water partition coefficient (Wildman–Crippen LogP) is 7.89. The van der Waals surface area contributed by atoms with Gasteiger partial charge in [0.1, 0.15) is 11.7 Å². The Morgan fingerprint density at radius 3 is 2.65 bits per heavy atom. The Morgan fingerprint density at radius 1 is 1.18 bits per heavy atom. The lowest BCUT2D eigenvalue weighted by Gasteiger charge is -2.58. The molecule has 1 aliphatic heterocycles. The number of rotatable bonds is 9. The fourth-order valence-electron chi connectivity index (χ4n) is 10.3. The third-order valence-electron chi connectivity index (χ3n) is 12.4. The van der Waals surface area contributed by atoms with Crippen molar-refractivity contribution in [2.45, 2.75) is 137 Å². The van der Waals surface area contributed by atoms with Crippen molar-refractivity contribution in [2.24, 2.45) is 40.4 Å². The summed E-state index contributed by atoms with van der Waals surface area (Å²) in [6.45, 7) is 16.5. The molecule has 1 amide bonds. The molecular formula is C35H55NO4. The molecule has 40 heavy (non-hydrogen) atoms. The number of esters is 1. The van der Waals surface area contributed by atoms with Crippen LogP contribution in [0.5, 0.6) is 0 Å². The Balaban J connectivity index is 1.32. The molecule has 224 valence electrons. The molecule has 1 heterocycles. The lowest BCUT2D eigenvalue weighted by molar-refractivity contribution is -0.151. The third-order valence-corrected chi connectivity index (χ3v) is 12.4. The molecule has 0 aromatic heterocycles. The van der Waals surface area contributed by atoms with Crippen LogP contribution >= 0.6 is 0 Å². The second-order valence-electron chi connectivity index (χ2n) is 14.8. The van der Waals surface area contributed by atoms with Gasteiger partial charge < -0.3 is 14.8 Å². The number of carbonyl (C=O) groups excluding carboxylic acids is 2. The summed E-state index contributed by atoms with van der Waals surface area (Å²) >= 11 is 0. The van der Waals surface area contributed by atoms with Gasteiger partial charge in [-0.2, -0.15) is 0 Å². The predicted molar refractivity (Wildman–Crippen MR) is 159 cm³/mol. The number of hydrogen-bond donors (Lipinski definition) is 1. The van der Waals surface area contributed by atoms with E-state index in [-0.39, 0.29) is 29.0 Å². The standard InChI is InChI=1S/C35H55NO4/c1-8-10-31(38)39-26-15-17-33(6)25(19-26)12-13-27-28(33)16-18-34(7)29(27)20-35(9-2)32(34)23(4)30(40-35)14-11-22(3)21-36-24(5)37/h12,22,26-29,32H,8-11,13-21H2,1-7H3,(H,36,37)/t22-,26+,27-,28-,29-,32+,33-,34-,35-/m0/s1. The van der Waals surface area contributed by atoms with Crippen molar-refractivity contribution >= 4 is 11.9 Å². The second-order valence-corrected chi connectivity index (χ2v) is 14.8. The van der Waals surface area contributed by atoms with E-state index >= 15 is 0 Å². The van der Waals surface area contributed by atoms with Crippen LogP contribution in [0.2, 0.25) is 0 Å². The highest BCUT2D eigenvalue weighted by molar-refractivity contribution is 5.72. The fourth-order valence-corrected chi connectivity index (χ4v) is 10.3. The van der Waals surface area contributed by atoms with Crippen LogP contribution in [-0.2, 0) is 19.1 Å². The van der Waals surface area contributed by atoms with Gasteiger partial charge in [-0.25, -0.2) is 0 Å². The van der Waals surface area contributed by atoms with Gasteiger partial charge in [-0.1, -0.05) is 46.3 Å². The van der Waals surface area contributed by atoms with E-state index in [2.05, 4.69) is 46.0 Å². The molecule has 0 bridgehead atoms. The smallest absolute Gasteiger partial charge is 0.306 e. The zero-order chi connectivity index (χ0) is 28.9. The van der Waals surface area contributed by atoms with Crippen molar-refractivity contribution < 1.29 is 19.1 Å². The molecular weight excluding hydrogens is 498 g/mol. The van der Waals surface area contributed by atoms with E-state index in [0.29, 0.717) is 29.6 Å². The van der Waals surface area contributed by atoms with Crippen molar-refractivity contribution in [2.75, 3.05) is 6.54 Å². The summed E-state index contributed by atoms with van der Waals surface area (Å²) in [5.41, 5.74) is 3.58. The summed E-state index contributed by atoms with van der Waals surface area (Å²) in [5, 5.41) is 2.98. The first-order valence-corrected chi connectivity index (χ1v) is 16.5. The molecule has 4 aliphatic carbocycles. The number of fused-ring (bicyclic) bond motifs is 7. The van der Waals surface area contributed by atoms with E-state index in [4.69, 9.17) is 9.47 Å². The molecule has 1 N–H and O–H groups in total. The van der Waals surface area contributed by atoms with E-state index in [9.17, 15) is 9.59 Å². The molecule has 0 radical (unpaired) electrons. The number of allylic oxidation sites excluding steroid dienone is 2. The largest absolute Gasteiger partial charge is 0.491 e. The number of nitrogens with one attached hydrogen (secondary N) is 1. The second kappa shape index (κ2) is 11.1. The molecule has 0 spiro atoms. The van der Waals surface area contributed by atoms with Crippen molar-refractivity contribution in [3.8, 4) is 0 Å². The summed E-state index contributed by atoms with van der Waals surface area (Å²) < 4.78 is 13.0. The molecule has 0 aromatic carbocycles. The van der Waals surface area contributed by atoms with E-state index in [0.717, 1.165) is 63.3 Å². The monoisotopic (exact) mass is 553 g/mol. The molecule has 5 heteroatoms. The van der Waals surface area contributed by atoms with Gasteiger partial charge in [0.15, 0.2) is 0 Å². The van der Waals surface area contributed by atoms with Crippen molar-refractivity contribution in [3.63, 3.8) is 0 Å². The van der Waals surface area contributed by atoms with E-state index < -0.39 is 0 Å². The maximum absolute atomic E-state index is 12.2. The van der Waals surface area contributed by atoms with Gasteiger partial charge in [0.25, 0.3) is 0 Å². The average molecular weight is 554 g/mol. The summed E-state index contributed by atoms with van der Waals surface area (Å²) in [4.78, 5) is 23.5. The lowest BCUT2D eigenvalue weighted by Crippen LogP contribution is -2.50. The Kier molecular flexibility index (Phi) is 8.27. The Hall–Kier alpha value is -1.78. The molecule has 3 fully saturated rings.